The highest BCUT2D eigenvalue weighted by Gasteiger charge is 2.14. The Bertz CT molecular complexity index is 821. The molecule has 1 fully saturated rings. The van der Waals surface area contributed by atoms with Crippen molar-refractivity contribution in [3.05, 3.63) is 34.3 Å². The highest BCUT2D eigenvalue weighted by atomic mass is 32.1. The van der Waals surface area contributed by atoms with Crippen molar-refractivity contribution in [3.8, 4) is 5.75 Å². The van der Waals surface area contributed by atoms with Crippen molar-refractivity contribution >= 4 is 28.8 Å². The number of piperidine rings is 1. The summed E-state index contributed by atoms with van der Waals surface area (Å²) in [4.78, 5) is 26.5. The third-order valence-electron chi connectivity index (χ3n) is 4.67. The normalized spacial score (nSPS) is 14.3. The largest absolute Gasteiger partial charge is 0.497 e. The van der Waals surface area contributed by atoms with Crippen LogP contribution >= 0.6 is 11.3 Å². The van der Waals surface area contributed by atoms with E-state index in [0.717, 1.165) is 31.0 Å². The number of nitrogens with zero attached hydrogens (tertiary/aromatic N) is 3. The molecule has 2 aromatic rings. The zero-order valence-electron chi connectivity index (χ0n) is 17.1. The van der Waals surface area contributed by atoms with Crippen molar-refractivity contribution in [2.45, 2.75) is 25.9 Å². The van der Waals surface area contributed by atoms with Crippen molar-refractivity contribution in [1.82, 2.24) is 20.4 Å². The minimum Gasteiger partial charge on any atom is -0.497 e. The summed E-state index contributed by atoms with van der Waals surface area (Å²) in [5.74, 6) is 0.201. The number of ether oxygens (including phenoxy) is 2. The van der Waals surface area contributed by atoms with Gasteiger partial charge in [0, 0.05) is 18.8 Å². The van der Waals surface area contributed by atoms with Gasteiger partial charge < -0.3 is 25.0 Å². The number of anilines is 1. The van der Waals surface area contributed by atoms with Gasteiger partial charge in [0.15, 0.2) is 0 Å². The molecular weight excluding hydrogens is 406 g/mol. The van der Waals surface area contributed by atoms with Crippen LogP contribution in [-0.2, 0) is 16.1 Å². The first-order valence-electron chi connectivity index (χ1n) is 9.98. The van der Waals surface area contributed by atoms with E-state index in [4.69, 9.17) is 9.47 Å². The second-order valence-corrected chi connectivity index (χ2v) is 7.99. The van der Waals surface area contributed by atoms with E-state index < -0.39 is 0 Å². The molecule has 9 nitrogen and oxygen atoms in total. The third-order valence-corrected chi connectivity index (χ3v) is 5.56. The number of amides is 2. The van der Waals surface area contributed by atoms with Gasteiger partial charge in [0.1, 0.15) is 24.0 Å². The molecule has 2 N–H and O–H groups in total. The fraction of sp³-hybridized carbons (Fsp3) is 0.500. The molecular formula is C20H27N5O4S. The minimum absolute atomic E-state index is 0.0487. The predicted molar refractivity (Wildman–Crippen MR) is 114 cm³/mol. The summed E-state index contributed by atoms with van der Waals surface area (Å²) in [5, 5.41) is 14.2. The summed E-state index contributed by atoms with van der Waals surface area (Å²) < 4.78 is 10.5. The summed E-state index contributed by atoms with van der Waals surface area (Å²) in [7, 11) is 1.58. The topological polar surface area (TPSA) is 106 Å². The molecule has 2 heterocycles. The number of hydrogen-bond acceptors (Lipinski definition) is 8. The van der Waals surface area contributed by atoms with Crippen LogP contribution in [0.3, 0.4) is 0 Å². The molecule has 10 heteroatoms. The fourth-order valence-corrected chi connectivity index (χ4v) is 3.75. The van der Waals surface area contributed by atoms with Crippen LogP contribution in [0.25, 0.3) is 0 Å². The Morgan fingerprint density at radius 3 is 2.63 bits per heavy atom. The summed E-state index contributed by atoms with van der Waals surface area (Å²) in [6, 6.07) is 7.00. The highest BCUT2D eigenvalue weighted by molar-refractivity contribution is 7.13. The smallest absolute Gasteiger partial charge is 0.286 e. The van der Waals surface area contributed by atoms with Gasteiger partial charge in [-0.05, 0) is 50.2 Å². The van der Waals surface area contributed by atoms with E-state index in [9.17, 15) is 9.59 Å². The Balaban J connectivity index is 1.34. The van der Waals surface area contributed by atoms with Gasteiger partial charge >= 0.3 is 0 Å². The second kappa shape index (κ2) is 11.6. The van der Waals surface area contributed by atoms with Crippen LogP contribution in [0.5, 0.6) is 5.75 Å². The molecule has 30 heavy (non-hydrogen) atoms. The summed E-state index contributed by atoms with van der Waals surface area (Å²) >= 11 is 1.13. The molecule has 1 aromatic carbocycles. The fourth-order valence-electron chi connectivity index (χ4n) is 3.08. The van der Waals surface area contributed by atoms with E-state index in [-0.39, 0.29) is 30.0 Å². The molecule has 0 unspecified atom stereocenters. The van der Waals surface area contributed by atoms with Gasteiger partial charge in [-0.15, -0.1) is 10.2 Å². The number of aromatic nitrogens is 2. The molecule has 1 aliphatic heterocycles. The van der Waals surface area contributed by atoms with E-state index in [0.29, 0.717) is 23.0 Å². The zero-order valence-corrected chi connectivity index (χ0v) is 17.9. The maximum Gasteiger partial charge on any atom is 0.286 e. The molecule has 0 radical (unpaired) electrons. The quantitative estimate of drug-likeness (QED) is 0.590. The number of nitrogens with one attached hydrogen (secondary N) is 2. The second-order valence-electron chi connectivity index (χ2n) is 6.93. The first-order chi connectivity index (χ1) is 14.6. The molecule has 0 spiro atoms. The molecule has 0 bridgehead atoms. The Morgan fingerprint density at radius 2 is 1.90 bits per heavy atom. The zero-order chi connectivity index (χ0) is 21.2. The minimum atomic E-state index is -0.348. The molecule has 2 amide bonds. The lowest BCUT2D eigenvalue weighted by atomic mass is 10.1. The number of carbonyl (C=O) groups excluding carboxylic acids is 2. The maximum atomic E-state index is 12.3. The first-order valence-corrected chi connectivity index (χ1v) is 10.8. The average Bonchev–Trinajstić information content (AvgIpc) is 3.24. The Hall–Kier alpha value is -2.56. The van der Waals surface area contributed by atoms with Crippen LogP contribution in [0.2, 0.25) is 0 Å². The number of hydrogen-bond donors (Lipinski definition) is 2. The first kappa shape index (κ1) is 22.1. The van der Waals surface area contributed by atoms with Gasteiger partial charge in [0.05, 0.1) is 7.11 Å². The van der Waals surface area contributed by atoms with Crippen molar-refractivity contribution in [2.75, 3.05) is 45.2 Å². The number of methoxy groups -OCH3 is 1. The van der Waals surface area contributed by atoms with Gasteiger partial charge in [0.2, 0.25) is 10.9 Å². The lowest BCUT2D eigenvalue weighted by molar-refractivity contribution is -0.126. The number of rotatable bonds is 10. The van der Waals surface area contributed by atoms with Crippen LogP contribution in [0.15, 0.2) is 24.3 Å². The number of carbonyl (C=O) groups is 2. The molecule has 3 rings (SSSR count). The monoisotopic (exact) mass is 433 g/mol. The van der Waals surface area contributed by atoms with Crippen LogP contribution in [0, 0.1) is 0 Å². The average molecular weight is 434 g/mol. The third kappa shape index (κ3) is 7.05. The van der Waals surface area contributed by atoms with Gasteiger partial charge in [-0.2, -0.15) is 0 Å². The molecule has 0 atom stereocenters. The number of likely N-dealkylation sites (tertiary alicyclic amines) is 1. The Labute approximate surface area is 179 Å². The molecule has 162 valence electrons. The van der Waals surface area contributed by atoms with Crippen molar-refractivity contribution in [1.29, 1.82) is 0 Å². The van der Waals surface area contributed by atoms with E-state index in [2.05, 4.69) is 25.7 Å². The summed E-state index contributed by atoms with van der Waals surface area (Å²) in [6.07, 6.45) is 3.77. The molecule has 1 saturated heterocycles. The molecule has 1 aromatic heterocycles. The number of benzene rings is 1. The predicted octanol–water partition coefficient (Wildman–Crippen LogP) is 1.92. The standard InChI is InChI=1S/C20H27N5O4S/c1-28-16-7-5-15(6-8-16)22-19(27)20-24-23-18(30-20)14-29-13-17(26)21-9-12-25-10-3-2-4-11-25/h5-8H,2-4,9-14H2,1H3,(H,21,26)(H,22,27). The Kier molecular flexibility index (Phi) is 8.54. The van der Waals surface area contributed by atoms with Gasteiger partial charge in [0.25, 0.3) is 5.91 Å². The molecule has 1 aliphatic rings. The van der Waals surface area contributed by atoms with Crippen LogP contribution in [-0.4, -0.2) is 66.8 Å². The van der Waals surface area contributed by atoms with E-state index in [1.54, 1.807) is 31.4 Å². The van der Waals surface area contributed by atoms with E-state index >= 15 is 0 Å². The van der Waals surface area contributed by atoms with Gasteiger partial charge in [-0.3, -0.25) is 9.59 Å². The van der Waals surface area contributed by atoms with Crippen molar-refractivity contribution < 1.29 is 19.1 Å². The molecule has 0 aliphatic carbocycles. The van der Waals surface area contributed by atoms with Gasteiger partial charge in [-0.25, -0.2) is 0 Å². The van der Waals surface area contributed by atoms with Crippen molar-refractivity contribution in [3.63, 3.8) is 0 Å². The lowest BCUT2D eigenvalue weighted by Gasteiger charge is -2.26. The van der Waals surface area contributed by atoms with E-state index in [1.807, 2.05) is 0 Å². The maximum absolute atomic E-state index is 12.3. The van der Waals surface area contributed by atoms with Crippen LogP contribution in [0.1, 0.15) is 34.1 Å². The van der Waals surface area contributed by atoms with Crippen LogP contribution < -0.4 is 15.4 Å². The lowest BCUT2D eigenvalue weighted by Crippen LogP contribution is -2.38. The molecule has 0 saturated carbocycles. The SMILES string of the molecule is COc1ccc(NC(=O)c2nnc(COCC(=O)NCCN3CCCCC3)s2)cc1. The van der Waals surface area contributed by atoms with Crippen molar-refractivity contribution in [2.24, 2.45) is 0 Å². The summed E-state index contributed by atoms with van der Waals surface area (Å²) in [6.45, 7) is 3.79. The van der Waals surface area contributed by atoms with Crippen LogP contribution in [0.4, 0.5) is 5.69 Å². The highest BCUT2D eigenvalue weighted by Crippen LogP contribution is 2.17. The van der Waals surface area contributed by atoms with Gasteiger partial charge in [-0.1, -0.05) is 17.8 Å². The Morgan fingerprint density at radius 1 is 1.13 bits per heavy atom. The van der Waals surface area contributed by atoms with E-state index in [1.165, 1.54) is 19.3 Å². The summed E-state index contributed by atoms with van der Waals surface area (Å²) in [5.41, 5.74) is 0.634.